The van der Waals surface area contributed by atoms with E-state index in [1.165, 1.54) is 0 Å². The SMILES string of the molecule is C[C@@H](CO)NC(=O)C[C@H]1CC=CCC[C@H](Cc2ccccc2)C(=O)O[C@H](c2ccccc2)CNC1=O. The maximum Gasteiger partial charge on any atom is 0.309 e. The lowest BCUT2D eigenvalue weighted by Gasteiger charge is -2.23. The second-order valence-electron chi connectivity index (χ2n) is 9.30. The second-order valence-corrected chi connectivity index (χ2v) is 9.30. The summed E-state index contributed by atoms with van der Waals surface area (Å²) in [6.07, 6.45) is 5.49. The molecule has 0 spiro atoms. The van der Waals surface area contributed by atoms with Gasteiger partial charge in [-0.1, -0.05) is 72.8 Å². The number of amides is 2. The third-order valence-electron chi connectivity index (χ3n) is 6.30. The van der Waals surface area contributed by atoms with Gasteiger partial charge in [-0.15, -0.1) is 0 Å². The number of aliphatic hydroxyl groups excluding tert-OH is 1. The molecule has 36 heavy (non-hydrogen) atoms. The predicted octanol–water partition coefficient (Wildman–Crippen LogP) is 3.49. The number of rotatable bonds is 7. The van der Waals surface area contributed by atoms with Gasteiger partial charge in [-0.25, -0.2) is 0 Å². The number of aliphatic hydroxyl groups is 1. The lowest BCUT2D eigenvalue weighted by Crippen LogP contribution is -2.40. The summed E-state index contributed by atoms with van der Waals surface area (Å²) in [5.41, 5.74) is 1.86. The standard InChI is InChI=1S/C29H36N2O5/c1-21(20-32)31-27(33)18-24-15-9-4-10-16-25(17-22-11-5-2-6-12-22)29(35)36-26(19-30-28(24)34)23-13-7-3-8-14-23/h2-9,11-14,21,24-26,32H,10,15-20H2,1H3,(H,30,34)(H,31,33)/t21-,24+,25+,26-/m0/s1. The Morgan fingerprint density at radius 3 is 2.44 bits per heavy atom. The van der Waals surface area contributed by atoms with Gasteiger partial charge in [0.05, 0.1) is 25.0 Å². The molecule has 1 aliphatic heterocycles. The minimum absolute atomic E-state index is 0.00688. The molecule has 3 N–H and O–H groups in total. The van der Waals surface area contributed by atoms with Gasteiger partial charge in [0.25, 0.3) is 0 Å². The van der Waals surface area contributed by atoms with E-state index in [9.17, 15) is 19.5 Å². The summed E-state index contributed by atoms with van der Waals surface area (Å²) in [6, 6.07) is 18.9. The Hall–Kier alpha value is -3.45. The number of ether oxygens (including phenoxy) is 1. The summed E-state index contributed by atoms with van der Waals surface area (Å²) in [4.78, 5) is 38.8. The van der Waals surface area contributed by atoms with Crippen LogP contribution in [0, 0.1) is 11.8 Å². The lowest BCUT2D eigenvalue weighted by atomic mass is 9.94. The molecule has 0 radical (unpaired) electrons. The molecule has 0 saturated carbocycles. The van der Waals surface area contributed by atoms with Crippen molar-refractivity contribution in [3.63, 3.8) is 0 Å². The molecule has 2 amide bonds. The largest absolute Gasteiger partial charge is 0.455 e. The van der Waals surface area contributed by atoms with Gasteiger partial charge in [-0.3, -0.25) is 14.4 Å². The first-order chi connectivity index (χ1) is 17.5. The maximum absolute atomic E-state index is 13.3. The van der Waals surface area contributed by atoms with Crippen LogP contribution in [0.1, 0.15) is 49.8 Å². The van der Waals surface area contributed by atoms with Crippen LogP contribution < -0.4 is 10.6 Å². The molecule has 0 fully saturated rings. The summed E-state index contributed by atoms with van der Waals surface area (Å²) in [5.74, 6) is -1.74. The van der Waals surface area contributed by atoms with Crippen molar-refractivity contribution in [1.82, 2.24) is 10.6 Å². The summed E-state index contributed by atoms with van der Waals surface area (Å²) in [6.45, 7) is 1.64. The molecule has 192 valence electrons. The highest BCUT2D eigenvalue weighted by Gasteiger charge is 2.27. The van der Waals surface area contributed by atoms with Crippen molar-refractivity contribution in [1.29, 1.82) is 0 Å². The van der Waals surface area contributed by atoms with Gasteiger partial charge in [0, 0.05) is 12.5 Å². The van der Waals surface area contributed by atoms with Crippen LogP contribution in [0.25, 0.3) is 0 Å². The van der Waals surface area contributed by atoms with Crippen LogP contribution in [0.2, 0.25) is 0 Å². The highest BCUT2D eigenvalue weighted by Crippen LogP contribution is 2.24. The van der Waals surface area contributed by atoms with E-state index in [1.54, 1.807) is 6.92 Å². The van der Waals surface area contributed by atoms with Crippen LogP contribution in [-0.4, -0.2) is 42.1 Å². The minimum Gasteiger partial charge on any atom is -0.455 e. The molecule has 3 rings (SSSR count). The van der Waals surface area contributed by atoms with Crippen molar-refractivity contribution in [3.8, 4) is 0 Å². The molecule has 7 nitrogen and oxygen atoms in total. The van der Waals surface area contributed by atoms with Crippen molar-refractivity contribution in [2.24, 2.45) is 11.8 Å². The van der Waals surface area contributed by atoms with Gasteiger partial charge in [0.2, 0.25) is 11.8 Å². The number of carbonyl (C=O) groups is 3. The van der Waals surface area contributed by atoms with Gasteiger partial charge in [-0.2, -0.15) is 0 Å². The minimum atomic E-state index is -0.640. The molecule has 7 heteroatoms. The Kier molecular flexibility index (Phi) is 10.7. The second kappa shape index (κ2) is 14.2. The number of hydrogen-bond donors (Lipinski definition) is 3. The van der Waals surface area contributed by atoms with Gasteiger partial charge in [-0.05, 0) is 43.7 Å². The van der Waals surface area contributed by atoms with Crippen LogP contribution >= 0.6 is 0 Å². The van der Waals surface area contributed by atoms with Crippen molar-refractivity contribution in [3.05, 3.63) is 83.9 Å². The van der Waals surface area contributed by atoms with E-state index in [2.05, 4.69) is 10.6 Å². The lowest BCUT2D eigenvalue weighted by molar-refractivity contribution is -0.155. The molecule has 0 aliphatic carbocycles. The number of nitrogens with one attached hydrogen (secondary N) is 2. The summed E-state index contributed by atoms with van der Waals surface area (Å²) in [7, 11) is 0. The fourth-order valence-corrected chi connectivity index (χ4v) is 4.23. The average Bonchev–Trinajstić information content (AvgIpc) is 2.90. The topological polar surface area (TPSA) is 105 Å². The van der Waals surface area contributed by atoms with Gasteiger partial charge in [0.1, 0.15) is 6.10 Å². The summed E-state index contributed by atoms with van der Waals surface area (Å²) < 4.78 is 5.98. The molecule has 0 saturated heterocycles. The zero-order valence-corrected chi connectivity index (χ0v) is 20.8. The Labute approximate surface area is 212 Å². The normalized spacial score (nSPS) is 22.2. The number of cyclic esters (lactones) is 1. The molecule has 2 aromatic carbocycles. The average molecular weight is 493 g/mol. The predicted molar refractivity (Wildman–Crippen MR) is 138 cm³/mol. The fraction of sp³-hybridized carbons (Fsp3) is 0.414. The van der Waals surface area contributed by atoms with Crippen LogP contribution in [-0.2, 0) is 25.5 Å². The van der Waals surface area contributed by atoms with Crippen LogP contribution in [0.4, 0.5) is 0 Å². The first-order valence-electron chi connectivity index (χ1n) is 12.6. The van der Waals surface area contributed by atoms with E-state index in [1.807, 2.05) is 72.8 Å². The fourth-order valence-electron chi connectivity index (χ4n) is 4.23. The zero-order chi connectivity index (χ0) is 25.8. The van der Waals surface area contributed by atoms with Crippen LogP contribution in [0.15, 0.2) is 72.8 Å². The highest BCUT2D eigenvalue weighted by molar-refractivity contribution is 5.86. The van der Waals surface area contributed by atoms with Crippen molar-refractivity contribution < 1.29 is 24.2 Å². The molecule has 2 aromatic rings. The zero-order valence-electron chi connectivity index (χ0n) is 20.8. The third-order valence-corrected chi connectivity index (χ3v) is 6.30. The van der Waals surface area contributed by atoms with Crippen molar-refractivity contribution in [2.75, 3.05) is 13.2 Å². The first kappa shape index (κ1) is 27.1. The van der Waals surface area contributed by atoms with E-state index in [4.69, 9.17) is 4.74 Å². The van der Waals surface area contributed by atoms with Crippen LogP contribution in [0.5, 0.6) is 0 Å². The molecular weight excluding hydrogens is 456 g/mol. The molecule has 0 unspecified atom stereocenters. The van der Waals surface area contributed by atoms with Crippen LogP contribution in [0.3, 0.4) is 0 Å². The highest BCUT2D eigenvalue weighted by atomic mass is 16.5. The Morgan fingerprint density at radius 1 is 1.06 bits per heavy atom. The van der Waals surface area contributed by atoms with E-state index in [-0.39, 0.29) is 49.3 Å². The molecule has 1 aliphatic rings. The Morgan fingerprint density at radius 2 is 1.75 bits per heavy atom. The monoisotopic (exact) mass is 492 g/mol. The van der Waals surface area contributed by atoms with E-state index in [0.717, 1.165) is 11.1 Å². The molecular formula is C29H36N2O5. The number of allylic oxidation sites excluding steroid dienone is 2. The Bertz CT molecular complexity index is 1010. The number of hydrogen-bond acceptors (Lipinski definition) is 5. The van der Waals surface area contributed by atoms with E-state index >= 15 is 0 Å². The number of carbonyl (C=O) groups excluding carboxylic acids is 3. The number of benzene rings is 2. The van der Waals surface area contributed by atoms with Crippen molar-refractivity contribution >= 4 is 17.8 Å². The number of esters is 1. The van der Waals surface area contributed by atoms with Gasteiger partial charge in [0.15, 0.2) is 0 Å². The molecule has 4 atom stereocenters. The Balaban J connectivity index is 1.80. The van der Waals surface area contributed by atoms with E-state index in [0.29, 0.717) is 25.7 Å². The van der Waals surface area contributed by atoms with Gasteiger partial charge < -0.3 is 20.5 Å². The molecule has 0 bridgehead atoms. The third kappa shape index (κ3) is 8.64. The van der Waals surface area contributed by atoms with Gasteiger partial charge >= 0.3 is 5.97 Å². The molecule has 1 heterocycles. The summed E-state index contributed by atoms with van der Waals surface area (Å²) in [5, 5.41) is 14.8. The quantitative estimate of drug-likeness (QED) is 0.405. The molecule has 0 aromatic heterocycles. The smallest absolute Gasteiger partial charge is 0.309 e. The van der Waals surface area contributed by atoms with E-state index < -0.39 is 12.0 Å². The van der Waals surface area contributed by atoms with Crippen molar-refractivity contribution in [2.45, 2.75) is 51.2 Å². The summed E-state index contributed by atoms with van der Waals surface area (Å²) >= 11 is 0. The first-order valence-corrected chi connectivity index (χ1v) is 12.6. The maximum atomic E-state index is 13.3.